The summed E-state index contributed by atoms with van der Waals surface area (Å²) in [7, 11) is 0. The number of rotatable bonds is 2. The third kappa shape index (κ3) is 1.88. The van der Waals surface area contributed by atoms with Crippen LogP contribution >= 0.6 is 15.9 Å². The van der Waals surface area contributed by atoms with E-state index in [1.165, 1.54) is 0 Å². The summed E-state index contributed by atoms with van der Waals surface area (Å²) in [6.45, 7) is 4.27. The van der Waals surface area contributed by atoms with Crippen LogP contribution in [0.15, 0.2) is 29.5 Å². The molecule has 0 fully saturated rings. The molecule has 1 aromatic heterocycles. The van der Waals surface area contributed by atoms with Crippen molar-refractivity contribution in [2.24, 2.45) is 5.73 Å². The first-order chi connectivity index (χ1) is 5.25. The van der Waals surface area contributed by atoms with Crippen molar-refractivity contribution in [1.29, 1.82) is 0 Å². The minimum Gasteiger partial charge on any atom is -0.326 e. The number of hydrogen-bond acceptors (Lipinski definition) is 2. The summed E-state index contributed by atoms with van der Waals surface area (Å²) in [6, 6.07) is 3.80. The van der Waals surface area contributed by atoms with Crippen molar-refractivity contribution in [1.82, 2.24) is 4.98 Å². The van der Waals surface area contributed by atoms with Gasteiger partial charge in [0.25, 0.3) is 0 Å². The molecule has 0 atom stereocenters. The quantitative estimate of drug-likeness (QED) is 0.761. The van der Waals surface area contributed by atoms with Crippen molar-refractivity contribution in [3.63, 3.8) is 0 Å². The second kappa shape index (κ2) is 3.64. The summed E-state index contributed by atoms with van der Waals surface area (Å²) in [5.41, 5.74) is 7.30. The first-order valence-electron chi connectivity index (χ1n) is 3.24. The lowest BCUT2D eigenvalue weighted by Crippen LogP contribution is -2.01. The van der Waals surface area contributed by atoms with Crippen LogP contribution in [0.3, 0.4) is 0 Å². The minimum absolute atomic E-state index is 0.463. The molecule has 3 heteroatoms. The highest BCUT2D eigenvalue weighted by Gasteiger charge is 2.00. The van der Waals surface area contributed by atoms with Crippen LogP contribution < -0.4 is 5.73 Å². The molecule has 0 aliphatic carbocycles. The van der Waals surface area contributed by atoms with Gasteiger partial charge in [0, 0.05) is 18.3 Å². The Balaban J connectivity index is 3.03. The Morgan fingerprint density at radius 1 is 1.73 bits per heavy atom. The lowest BCUT2D eigenvalue weighted by molar-refractivity contribution is 1.21. The summed E-state index contributed by atoms with van der Waals surface area (Å²) in [4.78, 5) is 4.05. The number of nitrogens with zero attached hydrogens (tertiary/aromatic N) is 1. The molecule has 0 spiro atoms. The van der Waals surface area contributed by atoms with E-state index in [-0.39, 0.29) is 0 Å². The molecule has 0 saturated heterocycles. The van der Waals surface area contributed by atoms with Gasteiger partial charge in [0.2, 0.25) is 0 Å². The zero-order chi connectivity index (χ0) is 8.27. The van der Waals surface area contributed by atoms with Gasteiger partial charge in [-0.3, -0.25) is 0 Å². The molecule has 58 valence electrons. The molecule has 11 heavy (non-hydrogen) atoms. The molecule has 1 aromatic rings. The Morgan fingerprint density at radius 2 is 2.45 bits per heavy atom. The lowest BCUT2D eigenvalue weighted by Gasteiger charge is -2.02. The van der Waals surface area contributed by atoms with Gasteiger partial charge in [0.15, 0.2) is 0 Å². The molecule has 1 rings (SSSR count). The molecular weight excluding hydrogens is 204 g/mol. The molecule has 0 aliphatic heterocycles. The fourth-order valence-corrected chi connectivity index (χ4v) is 1.29. The van der Waals surface area contributed by atoms with Gasteiger partial charge in [-0.25, -0.2) is 4.98 Å². The number of nitrogens with two attached hydrogens (primary N) is 1. The highest BCUT2D eigenvalue weighted by molar-refractivity contribution is 9.10. The van der Waals surface area contributed by atoms with E-state index in [9.17, 15) is 0 Å². The van der Waals surface area contributed by atoms with Crippen molar-refractivity contribution in [3.05, 3.63) is 35.1 Å². The van der Waals surface area contributed by atoms with Crippen LogP contribution in [-0.2, 0) is 0 Å². The van der Waals surface area contributed by atoms with E-state index in [4.69, 9.17) is 5.73 Å². The minimum atomic E-state index is 0.463. The van der Waals surface area contributed by atoms with Crippen LogP contribution in [0.2, 0.25) is 0 Å². The fraction of sp³-hybridized carbons (Fsp3) is 0.125. The first-order valence-corrected chi connectivity index (χ1v) is 4.03. The largest absolute Gasteiger partial charge is 0.326 e. The lowest BCUT2D eigenvalue weighted by atomic mass is 10.1. The van der Waals surface area contributed by atoms with E-state index in [1.54, 1.807) is 6.20 Å². The molecule has 0 aliphatic rings. The second-order valence-electron chi connectivity index (χ2n) is 2.15. The number of hydrogen-bond donors (Lipinski definition) is 1. The smallest absolute Gasteiger partial charge is 0.113 e. The topological polar surface area (TPSA) is 38.9 Å². The Hall–Kier alpha value is -0.670. The maximum absolute atomic E-state index is 5.42. The van der Waals surface area contributed by atoms with Crippen molar-refractivity contribution < 1.29 is 0 Å². The van der Waals surface area contributed by atoms with Crippen molar-refractivity contribution in [2.75, 3.05) is 6.54 Å². The average molecular weight is 213 g/mol. The highest BCUT2D eigenvalue weighted by Crippen LogP contribution is 2.18. The van der Waals surface area contributed by atoms with Gasteiger partial charge in [0.05, 0.1) is 0 Å². The van der Waals surface area contributed by atoms with E-state index >= 15 is 0 Å². The number of pyridine rings is 1. The number of halogens is 1. The Kier molecular flexibility index (Phi) is 2.79. The van der Waals surface area contributed by atoms with E-state index in [1.807, 2.05) is 12.1 Å². The van der Waals surface area contributed by atoms with Gasteiger partial charge in [-0.05, 0) is 27.6 Å². The van der Waals surface area contributed by atoms with Crippen LogP contribution in [0.5, 0.6) is 0 Å². The fourth-order valence-electron chi connectivity index (χ4n) is 0.760. The monoisotopic (exact) mass is 212 g/mol. The first kappa shape index (κ1) is 8.43. The molecule has 0 radical (unpaired) electrons. The Morgan fingerprint density at radius 3 is 3.00 bits per heavy atom. The zero-order valence-corrected chi connectivity index (χ0v) is 7.63. The van der Waals surface area contributed by atoms with Crippen molar-refractivity contribution in [2.45, 2.75) is 0 Å². The zero-order valence-electron chi connectivity index (χ0n) is 6.05. The molecule has 2 nitrogen and oxygen atoms in total. The Labute approximate surface area is 74.3 Å². The molecule has 1 heterocycles. The molecular formula is C8H9BrN2. The molecule has 0 amide bonds. The van der Waals surface area contributed by atoms with E-state index in [0.717, 1.165) is 15.7 Å². The van der Waals surface area contributed by atoms with E-state index in [2.05, 4.69) is 27.5 Å². The number of aromatic nitrogens is 1. The highest BCUT2D eigenvalue weighted by atomic mass is 79.9. The van der Waals surface area contributed by atoms with Crippen LogP contribution in [0.25, 0.3) is 5.57 Å². The van der Waals surface area contributed by atoms with E-state index in [0.29, 0.717) is 6.54 Å². The molecule has 2 N–H and O–H groups in total. The van der Waals surface area contributed by atoms with Gasteiger partial charge < -0.3 is 5.73 Å². The SMILES string of the molecule is C=C(CN)c1cccnc1Br. The summed E-state index contributed by atoms with van der Waals surface area (Å²) in [5.74, 6) is 0. The maximum atomic E-state index is 5.42. The van der Waals surface area contributed by atoms with Gasteiger partial charge in [-0.1, -0.05) is 12.6 Å². The van der Waals surface area contributed by atoms with Crippen LogP contribution in [0.4, 0.5) is 0 Å². The normalized spacial score (nSPS) is 9.64. The molecule has 0 aromatic carbocycles. The maximum Gasteiger partial charge on any atom is 0.113 e. The van der Waals surface area contributed by atoms with Crippen molar-refractivity contribution in [3.8, 4) is 0 Å². The molecule has 0 bridgehead atoms. The van der Waals surface area contributed by atoms with Gasteiger partial charge >= 0.3 is 0 Å². The van der Waals surface area contributed by atoms with Gasteiger partial charge in [-0.15, -0.1) is 0 Å². The molecule has 0 unspecified atom stereocenters. The standard InChI is InChI=1S/C8H9BrN2/c1-6(5-10)7-3-2-4-11-8(7)9/h2-4H,1,5,10H2. The average Bonchev–Trinajstić information content (AvgIpc) is 2.04. The van der Waals surface area contributed by atoms with E-state index < -0.39 is 0 Å². The third-order valence-electron chi connectivity index (χ3n) is 1.39. The second-order valence-corrected chi connectivity index (χ2v) is 2.90. The summed E-state index contributed by atoms with van der Waals surface area (Å²) in [5, 5.41) is 0. The Bertz CT molecular complexity index is 271. The third-order valence-corrected chi connectivity index (χ3v) is 2.02. The molecule has 0 saturated carbocycles. The van der Waals surface area contributed by atoms with Gasteiger partial charge in [0.1, 0.15) is 4.60 Å². The van der Waals surface area contributed by atoms with Gasteiger partial charge in [-0.2, -0.15) is 0 Å². The van der Waals surface area contributed by atoms with Crippen molar-refractivity contribution >= 4 is 21.5 Å². The van der Waals surface area contributed by atoms with Crippen LogP contribution in [0.1, 0.15) is 5.56 Å². The summed E-state index contributed by atoms with van der Waals surface area (Å²) >= 11 is 3.31. The predicted molar refractivity (Wildman–Crippen MR) is 50.0 cm³/mol. The van der Waals surface area contributed by atoms with Crippen LogP contribution in [0, 0.1) is 0 Å². The predicted octanol–water partition coefficient (Wildman–Crippen LogP) is 1.82. The summed E-state index contributed by atoms with van der Waals surface area (Å²) < 4.78 is 0.801. The summed E-state index contributed by atoms with van der Waals surface area (Å²) in [6.07, 6.45) is 1.72. The van der Waals surface area contributed by atoms with Crippen LogP contribution in [-0.4, -0.2) is 11.5 Å².